The minimum Gasteiger partial charge on any atom is -0.444 e. The molecule has 1 aliphatic rings. The molecule has 1 saturated heterocycles. The van der Waals surface area contributed by atoms with Crippen molar-refractivity contribution in [1.29, 1.82) is 0 Å². The summed E-state index contributed by atoms with van der Waals surface area (Å²) >= 11 is 12.7. The number of imidazole rings is 1. The number of hydrogen-bond acceptors (Lipinski definition) is 4. The van der Waals surface area contributed by atoms with E-state index in [0.717, 1.165) is 41.9 Å². The van der Waals surface area contributed by atoms with Gasteiger partial charge in [0, 0.05) is 29.7 Å². The second-order valence-corrected chi connectivity index (χ2v) is 10.4. The summed E-state index contributed by atoms with van der Waals surface area (Å²) in [7, 11) is 0. The van der Waals surface area contributed by atoms with E-state index in [9.17, 15) is 4.79 Å². The molecule has 1 atom stereocenters. The summed E-state index contributed by atoms with van der Waals surface area (Å²) in [5, 5.41) is 4.85. The Morgan fingerprint density at radius 3 is 2.79 bits per heavy atom. The fraction of sp³-hybridized carbons (Fsp3) is 0.440. The summed E-state index contributed by atoms with van der Waals surface area (Å²) in [4.78, 5) is 19.1. The van der Waals surface area contributed by atoms with Crippen LogP contribution in [0.3, 0.4) is 0 Å². The third kappa shape index (κ3) is 5.92. The van der Waals surface area contributed by atoms with Crippen molar-refractivity contribution in [2.45, 2.75) is 45.8 Å². The van der Waals surface area contributed by atoms with Crippen molar-refractivity contribution in [3.05, 3.63) is 58.1 Å². The number of fused-ring (bicyclic) bond motifs is 1. The number of likely N-dealkylation sites (tertiary alicyclic amines) is 1. The maximum atomic E-state index is 12.5. The lowest BCUT2D eigenvalue weighted by Crippen LogP contribution is -2.44. The molecule has 1 fully saturated rings. The molecule has 1 N–H and O–H groups in total. The number of nitrogens with zero attached hydrogens (tertiary/aromatic N) is 3. The predicted octanol–water partition coefficient (Wildman–Crippen LogP) is 6.45. The molecule has 176 valence electrons. The van der Waals surface area contributed by atoms with Gasteiger partial charge in [-0.3, -0.25) is 0 Å². The van der Waals surface area contributed by atoms with Crippen molar-refractivity contribution >= 4 is 46.3 Å². The van der Waals surface area contributed by atoms with Crippen LogP contribution in [-0.4, -0.2) is 45.8 Å². The maximum Gasteiger partial charge on any atom is 0.410 e. The van der Waals surface area contributed by atoms with Gasteiger partial charge in [-0.1, -0.05) is 35.3 Å². The molecule has 0 spiro atoms. The molecule has 0 unspecified atom stereocenters. The van der Waals surface area contributed by atoms with Crippen LogP contribution in [0.4, 0.5) is 10.7 Å². The number of piperidine rings is 1. The van der Waals surface area contributed by atoms with E-state index in [1.54, 1.807) is 6.07 Å². The van der Waals surface area contributed by atoms with Crippen molar-refractivity contribution in [2.24, 2.45) is 5.92 Å². The Morgan fingerprint density at radius 1 is 1.21 bits per heavy atom. The average molecular weight is 489 g/mol. The Morgan fingerprint density at radius 2 is 2.00 bits per heavy atom. The van der Waals surface area contributed by atoms with Gasteiger partial charge in [0.2, 0.25) is 5.95 Å². The molecule has 8 heteroatoms. The van der Waals surface area contributed by atoms with Crippen LogP contribution in [0.1, 0.15) is 39.2 Å². The molecule has 0 radical (unpaired) electrons. The number of benzene rings is 2. The summed E-state index contributed by atoms with van der Waals surface area (Å²) in [6, 6.07) is 13.5. The smallest absolute Gasteiger partial charge is 0.410 e. The highest BCUT2D eigenvalue weighted by Crippen LogP contribution is 2.27. The first-order valence-corrected chi connectivity index (χ1v) is 12.1. The molecule has 0 saturated carbocycles. The van der Waals surface area contributed by atoms with E-state index in [2.05, 4.69) is 16.0 Å². The summed E-state index contributed by atoms with van der Waals surface area (Å²) in [5.74, 6) is 1.09. The first-order chi connectivity index (χ1) is 15.7. The van der Waals surface area contributed by atoms with Gasteiger partial charge in [0.05, 0.1) is 17.6 Å². The van der Waals surface area contributed by atoms with Crippen LogP contribution < -0.4 is 5.32 Å². The van der Waals surface area contributed by atoms with Crippen molar-refractivity contribution in [3.8, 4) is 0 Å². The van der Waals surface area contributed by atoms with Crippen LogP contribution in [0.15, 0.2) is 42.5 Å². The quantitative estimate of drug-likeness (QED) is 0.448. The normalized spacial score (nSPS) is 16.8. The van der Waals surface area contributed by atoms with Crippen molar-refractivity contribution in [1.82, 2.24) is 14.5 Å². The van der Waals surface area contributed by atoms with Crippen LogP contribution in [0.25, 0.3) is 11.0 Å². The molecule has 1 aromatic heterocycles. The van der Waals surface area contributed by atoms with Crippen LogP contribution in [0.2, 0.25) is 10.0 Å². The van der Waals surface area contributed by atoms with Crippen molar-refractivity contribution in [3.63, 3.8) is 0 Å². The molecule has 3 aromatic rings. The summed E-state index contributed by atoms with van der Waals surface area (Å²) in [6.45, 7) is 8.35. The number of anilines is 1. The molecule has 0 bridgehead atoms. The second kappa shape index (κ2) is 9.82. The number of halogens is 2. The lowest BCUT2D eigenvalue weighted by molar-refractivity contribution is 0.0172. The van der Waals surface area contributed by atoms with Gasteiger partial charge in [-0.05, 0) is 75.4 Å². The first kappa shape index (κ1) is 23.7. The third-order valence-electron chi connectivity index (χ3n) is 5.71. The van der Waals surface area contributed by atoms with Crippen LogP contribution in [0.5, 0.6) is 0 Å². The van der Waals surface area contributed by atoms with Gasteiger partial charge in [0.1, 0.15) is 5.60 Å². The van der Waals surface area contributed by atoms with Gasteiger partial charge in [0.15, 0.2) is 0 Å². The number of aromatic nitrogens is 2. The SMILES string of the molecule is CC(C)(C)OC(=O)N1CCC[C@H](CNc2nc3ccccc3n2Cc2cc(Cl)ccc2Cl)C1. The Labute approximate surface area is 204 Å². The zero-order valence-electron chi connectivity index (χ0n) is 19.3. The highest BCUT2D eigenvalue weighted by molar-refractivity contribution is 6.33. The van der Waals surface area contributed by atoms with E-state index in [4.69, 9.17) is 32.9 Å². The second-order valence-electron chi connectivity index (χ2n) is 9.56. The fourth-order valence-electron chi connectivity index (χ4n) is 4.16. The van der Waals surface area contributed by atoms with E-state index >= 15 is 0 Å². The Kier molecular flexibility index (Phi) is 7.05. The highest BCUT2D eigenvalue weighted by atomic mass is 35.5. The number of carbonyl (C=O) groups excluding carboxylic acids is 1. The maximum absolute atomic E-state index is 12.5. The zero-order chi connectivity index (χ0) is 23.6. The van der Waals surface area contributed by atoms with Crippen LogP contribution in [0, 0.1) is 5.92 Å². The van der Waals surface area contributed by atoms with Crippen molar-refractivity contribution < 1.29 is 9.53 Å². The van der Waals surface area contributed by atoms with Gasteiger partial charge < -0.3 is 19.5 Å². The fourth-order valence-corrected chi connectivity index (χ4v) is 4.54. The number of nitrogens with one attached hydrogen (secondary N) is 1. The number of rotatable bonds is 5. The number of hydrogen-bond donors (Lipinski definition) is 1. The molecule has 2 heterocycles. The number of ether oxygens (including phenoxy) is 1. The highest BCUT2D eigenvalue weighted by Gasteiger charge is 2.28. The molecule has 1 aliphatic heterocycles. The lowest BCUT2D eigenvalue weighted by Gasteiger charge is -2.34. The standard InChI is InChI=1S/C25H30Cl2N4O2/c1-25(2,3)33-24(32)30-12-6-7-17(15-30)14-28-23-29-21-8-4-5-9-22(21)31(23)16-18-13-19(26)10-11-20(18)27/h4-5,8-11,13,17H,6-7,12,14-16H2,1-3H3,(H,28,29)/t17-/m1/s1. The molecule has 2 aromatic carbocycles. The van der Waals surface area contributed by atoms with E-state index in [-0.39, 0.29) is 6.09 Å². The minimum absolute atomic E-state index is 0.241. The molecule has 4 rings (SSSR count). The molecular weight excluding hydrogens is 459 g/mol. The summed E-state index contributed by atoms with van der Waals surface area (Å²) in [5.41, 5.74) is 2.38. The number of para-hydroxylation sites is 2. The van der Waals surface area contributed by atoms with E-state index in [1.165, 1.54) is 0 Å². The van der Waals surface area contributed by atoms with Crippen LogP contribution >= 0.6 is 23.2 Å². The summed E-state index contributed by atoms with van der Waals surface area (Å²) in [6.07, 6.45) is 1.77. The molecule has 1 amide bonds. The molecule has 6 nitrogen and oxygen atoms in total. The summed E-state index contributed by atoms with van der Waals surface area (Å²) < 4.78 is 7.69. The minimum atomic E-state index is -0.491. The van der Waals surface area contributed by atoms with E-state index < -0.39 is 5.60 Å². The molecular formula is C25H30Cl2N4O2. The van der Waals surface area contributed by atoms with Gasteiger partial charge in [-0.25, -0.2) is 9.78 Å². The van der Waals surface area contributed by atoms with Crippen molar-refractivity contribution in [2.75, 3.05) is 25.0 Å². The first-order valence-electron chi connectivity index (χ1n) is 11.3. The molecule has 0 aliphatic carbocycles. The predicted molar refractivity (Wildman–Crippen MR) is 134 cm³/mol. The topological polar surface area (TPSA) is 59.4 Å². The van der Waals surface area contributed by atoms with Crippen LogP contribution in [-0.2, 0) is 11.3 Å². The van der Waals surface area contributed by atoms with Gasteiger partial charge in [0.25, 0.3) is 0 Å². The lowest BCUT2D eigenvalue weighted by atomic mass is 9.98. The Bertz CT molecular complexity index is 1140. The monoisotopic (exact) mass is 488 g/mol. The van der Waals surface area contributed by atoms with Gasteiger partial charge in [-0.15, -0.1) is 0 Å². The van der Waals surface area contributed by atoms with Gasteiger partial charge in [-0.2, -0.15) is 0 Å². The number of amides is 1. The van der Waals surface area contributed by atoms with Gasteiger partial charge >= 0.3 is 6.09 Å². The average Bonchev–Trinajstić information content (AvgIpc) is 3.11. The molecule has 33 heavy (non-hydrogen) atoms. The Balaban J connectivity index is 1.50. The number of carbonyl (C=O) groups is 1. The largest absolute Gasteiger partial charge is 0.444 e. The zero-order valence-corrected chi connectivity index (χ0v) is 20.8. The van der Waals surface area contributed by atoms with E-state index in [1.807, 2.05) is 56.0 Å². The third-order valence-corrected chi connectivity index (χ3v) is 6.31. The van der Waals surface area contributed by atoms with E-state index in [0.29, 0.717) is 35.6 Å². The Hall–Kier alpha value is -2.44.